The van der Waals surface area contributed by atoms with Crippen LogP contribution >= 0.6 is 0 Å². The first kappa shape index (κ1) is 7.74. The fourth-order valence-corrected chi connectivity index (χ4v) is 1.88. The summed E-state index contributed by atoms with van der Waals surface area (Å²) in [6.07, 6.45) is 4.27. The number of aromatic nitrogens is 1. The van der Waals surface area contributed by atoms with Crippen molar-refractivity contribution < 1.29 is 0 Å². The average molecular weight is 162 g/mol. The molecule has 0 radical (unpaired) electrons. The zero-order valence-electron chi connectivity index (χ0n) is 7.38. The van der Waals surface area contributed by atoms with Gasteiger partial charge in [0.05, 0.1) is 0 Å². The number of hydrogen-bond acceptors (Lipinski definition) is 2. The molecule has 64 valence electrons. The Morgan fingerprint density at radius 2 is 2.25 bits per heavy atom. The minimum absolute atomic E-state index is 0.656. The molecule has 0 saturated heterocycles. The Labute approximate surface area is 72.8 Å². The molecule has 12 heavy (non-hydrogen) atoms. The van der Waals surface area contributed by atoms with E-state index in [2.05, 4.69) is 11.1 Å². The number of hydrogen-bond donors (Lipinski definition) is 1. The summed E-state index contributed by atoms with van der Waals surface area (Å²) in [4.78, 5) is 4.28. The lowest BCUT2D eigenvalue weighted by Crippen LogP contribution is -2.13. The van der Waals surface area contributed by atoms with Gasteiger partial charge in [0, 0.05) is 11.9 Å². The van der Waals surface area contributed by atoms with Crippen molar-refractivity contribution in [2.24, 2.45) is 11.7 Å². The van der Waals surface area contributed by atoms with E-state index in [1.54, 1.807) is 0 Å². The smallest absolute Gasteiger partial charge is 0.0375 e. The van der Waals surface area contributed by atoms with Crippen molar-refractivity contribution in [3.8, 4) is 0 Å². The fraction of sp³-hybridized carbons (Fsp3) is 0.500. The molecule has 0 spiro atoms. The van der Waals surface area contributed by atoms with E-state index in [9.17, 15) is 0 Å². The number of nitrogens with two attached hydrogens (primary N) is 1. The molecule has 0 aromatic carbocycles. The summed E-state index contributed by atoms with van der Waals surface area (Å²) >= 11 is 0. The quantitative estimate of drug-likeness (QED) is 0.670. The standard InChI is InChI=1S/C10H14N2/c1-7-2-9-3-8(5-11)4-10(9)6-12-7/h2,6,8H,3-5,11H2,1H3. The predicted octanol–water partition coefficient (Wildman–Crippen LogP) is 1.06. The molecule has 0 amide bonds. The summed E-state index contributed by atoms with van der Waals surface area (Å²) in [7, 11) is 0. The lowest BCUT2D eigenvalue weighted by Gasteiger charge is -2.01. The molecule has 0 saturated carbocycles. The zero-order valence-corrected chi connectivity index (χ0v) is 7.38. The van der Waals surface area contributed by atoms with Crippen LogP contribution in [0.5, 0.6) is 0 Å². The molecule has 2 nitrogen and oxygen atoms in total. The maximum absolute atomic E-state index is 5.63. The summed E-state index contributed by atoms with van der Waals surface area (Å²) in [5, 5.41) is 0. The predicted molar refractivity (Wildman–Crippen MR) is 48.9 cm³/mol. The fourth-order valence-electron chi connectivity index (χ4n) is 1.88. The van der Waals surface area contributed by atoms with Crippen molar-refractivity contribution in [3.05, 3.63) is 29.1 Å². The third-order valence-corrected chi connectivity index (χ3v) is 2.57. The van der Waals surface area contributed by atoms with Crippen LogP contribution in [0.2, 0.25) is 0 Å². The molecule has 1 aromatic rings. The van der Waals surface area contributed by atoms with E-state index in [4.69, 9.17) is 5.73 Å². The van der Waals surface area contributed by atoms with Crippen molar-refractivity contribution in [2.75, 3.05) is 6.54 Å². The Balaban J connectivity index is 2.30. The van der Waals surface area contributed by atoms with Gasteiger partial charge in [-0.15, -0.1) is 0 Å². The maximum Gasteiger partial charge on any atom is 0.0375 e. The second-order valence-electron chi connectivity index (χ2n) is 3.60. The zero-order chi connectivity index (χ0) is 8.55. The average Bonchev–Trinajstić information content (AvgIpc) is 2.46. The highest BCUT2D eigenvalue weighted by atomic mass is 14.7. The third kappa shape index (κ3) is 1.23. The number of aryl methyl sites for hydroxylation is 1. The lowest BCUT2D eigenvalue weighted by molar-refractivity contribution is 0.575. The van der Waals surface area contributed by atoms with Crippen molar-refractivity contribution in [1.82, 2.24) is 4.98 Å². The van der Waals surface area contributed by atoms with Crippen LogP contribution in [0.3, 0.4) is 0 Å². The molecule has 2 N–H and O–H groups in total. The molecule has 1 unspecified atom stereocenters. The van der Waals surface area contributed by atoms with Crippen LogP contribution < -0.4 is 5.73 Å². The van der Waals surface area contributed by atoms with Crippen LogP contribution in [-0.2, 0) is 12.8 Å². The Hall–Kier alpha value is -0.890. The van der Waals surface area contributed by atoms with Gasteiger partial charge in [-0.1, -0.05) is 0 Å². The van der Waals surface area contributed by atoms with Crippen LogP contribution in [0.1, 0.15) is 16.8 Å². The van der Waals surface area contributed by atoms with Crippen LogP contribution in [-0.4, -0.2) is 11.5 Å². The summed E-state index contributed by atoms with van der Waals surface area (Å²) in [5.41, 5.74) is 9.60. The SMILES string of the molecule is Cc1cc2c(cn1)CC(CN)C2. The largest absolute Gasteiger partial charge is 0.330 e. The Bertz CT molecular complexity index is 294. The molecule has 0 aliphatic heterocycles. The minimum Gasteiger partial charge on any atom is -0.330 e. The molecule has 1 aliphatic carbocycles. The molecule has 1 aliphatic rings. The van der Waals surface area contributed by atoms with E-state index in [0.29, 0.717) is 5.92 Å². The normalized spacial score (nSPS) is 21.0. The number of nitrogens with zero attached hydrogens (tertiary/aromatic N) is 1. The number of rotatable bonds is 1. The van der Waals surface area contributed by atoms with Crippen LogP contribution in [0.4, 0.5) is 0 Å². The summed E-state index contributed by atoms with van der Waals surface area (Å²) in [6, 6.07) is 2.19. The molecular weight excluding hydrogens is 148 g/mol. The molecule has 1 heterocycles. The maximum atomic E-state index is 5.63. The Morgan fingerprint density at radius 1 is 1.50 bits per heavy atom. The summed E-state index contributed by atoms with van der Waals surface area (Å²) in [5.74, 6) is 0.656. The first-order valence-electron chi connectivity index (χ1n) is 4.44. The van der Waals surface area contributed by atoms with E-state index in [-0.39, 0.29) is 0 Å². The van der Waals surface area contributed by atoms with E-state index >= 15 is 0 Å². The van der Waals surface area contributed by atoms with Crippen LogP contribution in [0.25, 0.3) is 0 Å². The second-order valence-corrected chi connectivity index (χ2v) is 3.60. The van der Waals surface area contributed by atoms with Crippen LogP contribution in [0, 0.1) is 12.8 Å². The van der Waals surface area contributed by atoms with Gasteiger partial charge in [0.2, 0.25) is 0 Å². The van der Waals surface area contributed by atoms with Gasteiger partial charge in [0.1, 0.15) is 0 Å². The highest BCUT2D eigenvalue weighted by Crippen LogP contribution is 2.25. The van der Waals surface area contributed by atoms with E-state index < -0.39 is 0 Å². The first-order valence-corrected chi connectivity index (χ1v) is 4.44. The van der Waals surface area contributed by atoms with Crippen molar-refractivity contribution >= 4 is 0 Å². The van der Waals surface area contributed by atoms with E-state index in [1.807, 2.05) is 13.1 Å². The molecule has 1 atom stereocenters. The lowest BCUT2D eigenvalue weighted by atomic mass is 10.1. The molecule has 2 heteroatoms. The van der Waals surface area contributed by atoms with Gasteiger partial charge >= 0.3 is 0 Å². The summed E-state index contributed by atoms with van der Waals surface area (Å²) in [6.45, 7) is 2.84. The van der Waals surface area contributed by atoms with Crippen molar-refractivity contribution in [2.45, 2.75) is 19.8 Å². The topological polar surface area (TPSA) is 38.9 Å². The van der Waals surface area contributed by atoms with Gasteiger partial charge in [-0.2, -0.15) is 0 Å². The molecule has 2 rings (SSSR count). The van der Waals surface area contributed by atoms with E-state index in [0.717, 1.165) is 25.1 Å². The first-order chi connectivity index (χ1) is 5.79. The van der Waals surface area contributed by atoms with Gasteiger partial charge < -0.3 is 5.73 Å². The number of fused-ring (bicyclic) bond motifs is 1. The van der Waals surface area contributed by atoms with Gasteiger partial charge in [0.15, 0.2) is 0 Å². The Kier molecular flexibility index (Phi) is 1.85. The molecule has 0 fully saturated rings. The van der Waals surface area contributed by atoms with Gasteiger partial charge in [-0.25, -0.2) is 0 Å². The Morgan fingerprint density at radius 3 is 3.00 bits per heavy atom. The van der Waals surface area contributed by atoms with Gasteiger partial charge in [-0.3, -0.25) is 4.98 Å². The van der Waals surface area contributed by atoms with Crippen molar-refractivity contribution in [3.63, 3.8) is 0 Å². The van der Waals surface area contributed by atoms with Gasteiger partial charge in [-0.05, 0) is 49.4 Å². The van der Waals surface area contributed by atoms with Gasteiger partial charge in [0.25, 0.3) is 0 Å². The third-order valence-electron chi connectivity index (χ3n) is 2.57. The van der Waals surface area contributed by atoms with E-state index in [1.165, 1.54) is 11.1 Å². The second kappa shape index (κ2) is 2.87. The monoisotopic (exact) mass is 162 g/mol. The van der Waals surface area contributed by atoms with Crippen LogP contribution in [0.15, 0.2) is 12.3 Å². The molecular formula is C10H14N2. The van der Waals surface area contributed by atoms with Crippen molar-refractivity contribution in [1.29, 1.82) is 0 Å². The summed E-state index contributed by atoms with van der Waals surface area (Å²) < 4.78 is 0. The highest BCUT2D eigenvalue weighted by Gasteiger charge is 2.19. The molecule has 1 aromatic heterocycles. The number of pyridine rings is 1. The minimum atomic E-state index is 0.656. The highest BCUT2D eigenvalue weighted by molar-refractivity contribution is 5.31. The molecule has 0 bridgehead atoms.